The predicted molar refractivity (Wildman–Crippen MR) is 176 cm³/mol. The number of hydrogen-bond donors (Lipinski definition) is 4. The van der Waals surface area contributed by atoms with Crippen LogP contribution < -0.4 is 10.6 Å². The van der Waals surface area contributed by atoms with Crippen LogP contribution in [0.2, 0.25) is 0 Å². The molecule has 0 radical (unpaired) electrons. The number of Topliss-reactive ketones (excluding diaryl/α,β-unsaturated/α-hetero) is 1. The molecule has 0 aromatic carbocycles. The molecular weight excluding hydrogens is 604 g/mol. The minimum Gasteiger partial charge on any atom is -0.505 e. The number of amides is 2. The molecule has 0 saturated heterocycles. The van der Waals surface area contributed by atoms with Crippen LogP contribution in [0.1, 0.15) is 78.6 Å². The van der Waals surface area contributed by atoms with E-state index in [0.29, 0.717) is 5.57 Å². The summed E-state index contributed by atoms with van der Waals surface area (Å²) in [6, 6.07) is -0.865. The molecule has 2 amide bonds. The third kappa shape index (κ3) is 11.0. The molecule has 1 fully saturated rings. The maximum atomic E-state index is 13.1. The van der Waals surface area contributed by atoms with Crippen LogP contribution in [0, 0.1) is 11.8 Å². The van der Waals surface area contributed by atoms with E-state index in [2.05, 4.69) is 10.6 Å². The molecule has 1 heterocycles. The summed E-state index contributed by atoms with van der Waals surface area (Å²) in [5.74, 6) is -4.15. The summed E-state index contributed by atoms with van der Waals surface area (Å²) < 4.78 is 11.2. The second-order valence-corrected chi connectivity index (χ2v) is 12.4. The Morgan fingerprint density at radius 2 is 1.77 bits per heavy atom. The minimum atomic E-state index is -1.03. The normalized spacial score (nSPS) is 29.6. The predicted octanol–water partition coefficient (Wildman–Crippen LogP) is 4.15. The number of ether oxygens (including phenoxy) is 2. The van der Waals surface area contributed by atoms with Crippen molar-refractivity contribution in [1.29, 1.82) is 0 Å². The van der Waals surface area contributed by atoms with E-state index in [4.69, 9.17) is 9.47 Å². The van der Waals surface area contributed by atoms with Crippen LogP contribution in [-0.4, -0.2) is 71.0 Å². The molecule has 3 aliphatic rings. The molecule has 1 aliphatic heterocycles. The van der Waals surface area contributed by atoms with Crippen LogP contribution >= 0.6 is 0 Å². The van der Waals surface area contributed by atoms with Crippen LogP contribution in [0.15, 0.2) is 71.2 Å². The van der Waals surface area contributed by atoms with Crippen molar-refractivity contribution in [2.24, 2.45) is 11.8 Å². The van der Waals surface area contributed by atoms with E-state index in [9.17, 15) is 34.2 Å². The Kier molecular flexibility index (Phi) is 14.6. The van der Waals surface area contributed by atoms with Gasteiger partial charge in [0.1, 0.15) is 17.9 Å². The molecule has 47 heavy (non-hydrogen) atoms. The van der Waals surface area contributed by atoms with E-state index >= 15 is 0 Å². The summed E-state index contributed by atoms with van der Waals surface area (Å²) in [5, 5.41) is 27.3. The first kappa shape index (κ1) is 37.4. The van der Waals surface area contributed by atoms with Gasteiger partial charge in [-0.2, -0.15) is 0 Å². The van der Waals surface area contributed by atoms with E-state index in [-0.39, 0.29) is 48.8 Å². The molecule has 0 aromatic rings. The van der Waals surface area contributed by atoms with Gasteiger partial charge < -0.3 is 30.3 Å². The Hall–Kier alpha value is -4.09. The molecular formula is C36H48N2O9. The van der Waals surface area contributed by atoms with Gasteiger partial charge in [0.05, 0.1) is 24.3 Å². The maximum Gasteiger partial charge on any atom is 0.328 e. The molecule has 11 heteroatoms. The Bertz CT molecular complexity index is 1360. The molecule has 5 atom stereocenters. The van der Waals surface area contributed by atoms with Crippen LogP contribution in [0.5, 0.6) is 0 Å². The number of carbonyl (C=O) groups is 5. The van der Waals surface area contributed by atoms with Crippen LogP contribution in [0.3, 0.4) is 0 Å². The Labute approximate surface area is 276 Å². The van der Waals surface area contributed by atoms with Crippen molar-refractivity contribution in [3.63, 3.8) is 0 Å². The zero-order valence-corrected chi connectivity index (χ0v) is 27.7. The van der Waals surface area contributed by atoms with Gasteiger partial charge in [0.2, 0.25) is 23.4 Å². The number of aliphatic hydroxyl groups is 2. The van der Waals surface area contributed by atoms with E-state index in [1.165, 1.54) is 7.11 Å². The van der Waals surface area contributed by atoms with E-state index < -0.39 is 59.5 Å². The molecule has 4 N–H and O–H groups in total. The average molecular weight is 653 g/mol. The molecule has 5 unspecified atom stereocenters. The highest BCUT2D eigenvalue weighted by molar-refractivity contribution is 6.48. The van der Waals surface area contributed by atoms with Crippen molar-refractivity contribution in [3.05, 3.63) is 71.2 Å². The van der Waals surface area contributed by atoms with Crippen molar-refractivity contribution in [3.8, 4) is 0 Å². The largest absolute Gasteiger partial charge is 0.505 e. The fraction of sp³-hybridized carbons (Fsp3) is 0.528. The van der Waals surface area contributed by atoms with Crippen LogP contribution in [0.25, 0.3) is 0 Å². The molecule has 3 rings (SSSR count). The quantitative estimate of drug-likeness (QED) is 0.148. The van der Waals surface area contributed by atoms with Gasteiger partial charge >= 0.3 is 5.97 Å². The molecule has 11 nitrogen and oxygen atoms in total. The zero-order chi connectivity index (χ0) is 34.5. The van der Waals surface area contributed by atoms with E-state index in [0.717, 1.165) is 38.2 Å². The van der Waals surface area contributed by atoms with E-state index in [1.54, 1.807) is 57.2 Å². The fourth-order valence-electron chi connectivity index (χ4n) is 5.79. The first-order chi connectivity index (χ1) is 22.4. The van der Waals surface area contributed by atoms with Crippen LogP contribution in [-0.2, 0) is 33.4 Å². The molecule has 2 bridgehead atoms. The average Bonchev–Trinajstić information content (AvgIpc) is 3.06. The lowest BCUT2D eigenvalue weighted by Gasteiger charge is -2.29. The number of aliphatic hydroxyl groups excluding tert-OH is 2. The lowest BCUT2D eigenvalue weighted by atomic mass is 9.88. The van der Waals surface area contributed by atoms with Gasteiger partial charge in [-0.1, -0.05) is 68.7 Å². The molecule has 0 aromatic heterocycles. The van der Waals surface area contributed by atoms with Gasteiger partial charge in [0.15, 0.2) is 0 Å². The second-order valence-electron chi connectivity index (χ2n) is 12.4. The van der Waals surface area contributed by atoms with Crippen molar-refractivity contribution < 1.29 is 43.7 Å². The Morgan fingerprint density at radius 1 is 1.06 bits per heavy atom. The third-order valence-corrected chi connectivity index (χ3v) is 8.81. The highest BCUT2D eigenvalue weighted by Crippen LogP contribution is 2.26. The number of allylic oxidation sites excluding steroid dienone is 7. The topological polar surface area (TPSA) is 168 Å². The first-order valence-corrected chi connectivity index (χ1v) is 16.3. The number of carbonyl (C=O) groups excluding carboxylic acids is 5. The number of methoxy groups -OCH3 is 1. The first-order valence-electron chi connectivity index (χ1n) is 16.3. The van der Waals surface area contributed by atoms with E-state index in [1.807, 2.05) is 6.08 Å². The Balaban J connectivity index is 1.83. The van der Waals surface area contributed by atoms with Gasteiger partial charge in [-0.25, -0.2) is 4.79 Å². The maximum absolute atomic E-state index is 13.1. The lowest BCUT2D eigenvalue weighted by molar-refractivity contribution is -0.156. The SMILES string of the molecule is COC1/C=C/C=C/C=C/CC(OC(=O)C(C)NC(=O)C2CCCCC2)C(C)C(O)/C(C)=C\CCC2=C(O)C(=CC(=O)C2=O)NC(=O)C1. The van der Waals surface area contributed by atoms with Crippen LogP contribution in [0.4, 0.5) is 0 Å². The molecule has 1 saturated carbocycles. The molecule has 256 valence electrons. The Morgan fingerprint density at radius 3 is 2.47 bits per heavy atom. The highest BCUT2D eigenvalue weighted by atomic mass is 16.5. The number of fused-ring (bicyclic) bond motifs is 1. The fourth-order valence-corrected chi connectivity index (χ4v) is 5.79. The number of rotatable bonds is 5. The summed E-state index contributed by atoms with van der Waals surface area (Å²) in [4.78, 5) is 63.5. The number of esters is 1. The van der Waals surface area contributed by atoms with Crippen molar-refractivity contribution in [1.82, 2.24) is 10.6 Å². The minimum absolute atomic E-state index is 0.0173. The smallest absolute Gasteiger partial charge is 0.328 e. The van der Waals surface area contributed by atoms with Gasteiger partial charge in [0, 0.05) is 37.0 Å². The highest BCUT2D eigenvalue weighted by Gasteiger charge is 2.32. The summed E-state index contributed by atoms with van der Waals surface area (Å²) in [7, 11) is 1.44. The summed E-state index contributed by atoms with van der Waals surface area (Å²) >= 11 is 0. The number of hydrogen-bond acceptors (Lipinski definition) is 9. The third-order valence-electron chi connectivity index (χ3n) is 8.81. The van der Waals surface area contributed by atoms with Gasteiger partial charge in [-0.3, -0.25) is 19.2 Å². The summed E-state index contributed by atoms with van der Waals surface area (Å²) in [5.41, 5.74) is 0.244. The van der Waals surface area contributed by atoms with Crippen molar-refractivity contribution >= 4 is 29.4 Å². The lowest BCUT2D eigenvalue weighted by Crippen LogP contribution is -2.45. The monoisotopic (exact) mass is 652 g/mol. The number of ketones is 2. The molecule has 0 spiro atoms. The summed E-state index contributed by atoms with van der Waals surface area (Å²) in [6.07, 6.45) is 15.7. The van der Waals surface area contributed by atoms with Gasteiger partial charge in [-0.15, -0.1) is 0 Å². The summed E-state index contributed by atoms with van der Waals surface area (Å²) in [6.45, 7) is 5.05. The number of nitrogens with one attached hydrogen (secondary N) is 2. The molecule has 2 aliphatic carbocycles. The second kappa shape index (κ2) is 18.3. The van der Waals surface area contributed by atoms with Gasteiger partial charge in [-0.05, 0) is 45.1 Å². The zero-order valence-electron chi connectivity index (χ0n) is 27.7. The van der Waals surface area contributed by atoms with Gasteiger partial charge in [0.25, 0.3) is 0 Å². The standard InChI is InChI=1S/C36H48N2O9/c1-22-14-13-18-27-33(42)28(21-29(39)34(27)43)38-31(40)20-26(46-4)17-11-6-5-7-12-19-30(23(2)32(22)41)47-36(45)24(3)37-35(44)25-15-9-8-10-16-25/h5-7,11-12,14,17,21,23-26,30,32,41-42H,8-10,13,15-16,18-20H2,1-4H3,(H,37,44)(H,38,40)/b6-5+,12-7+,17-11+,22-14-. The van der Waals surface area contributed by atoms with Crippen molar-refractivity contribution in [2.45, 2.75) is 103 Å². The van der Waals surface area contributed by atoms with Crippen molar-refractivity contribution in [2.75, 3.05) is 7.11 Å².